The maximum atomic E-state index is 12.6. The van der Waals surface area contributed by atoms with Crippen molar-refractivity contribution in [3.05, 3.63) is 66.0 Å². The largest absolute Gasteiger partial charge is 0.457 e. The third-order valence-corrected chi connectivity index (χ3v) is 5.31. The van der Waals surface area contributed by atoms with Crippen LogP contribution in [0.4, 0.5) is 0 Å². The van der Waals surface area contributed by atoms with E-state index in [-0.39, 0.29) is 5.91 Å². The number of aromatic nitrogens is 1. The van der Waals surface area contributed by atoms with Crippen molar-refractivity contribution in [3.63, 3.8) is 0 Å². The van der Waals surface area contributed by atoms with Gasteiger partial charge in [-0.15, -0.1) is 0 Å². The van der Waals surface area contributed by atoms with Crippen LogP contribution in [0, 0.1) is 6.92 Å². The Balaban J connectivity index is 1.50. The Hall–Kier alpha value is -2.92. The van der Waals surface area contributed by atoms with Crippen LogP contribution in [-0.4, -0.2) is 53.9 Å². The van der Waals surface area contributed by atoms with E-state index in [0.717, 1.165) is 43.0 Å². The molecule has 3 aromatic rings. The van der Waals surface area contributed by atoms with E-state index in [0.29, 0.717) is 12.2 Å². The Bertz CT molecular complexity index is 994. The number of hydrogen-bond acceptors (Lipinski definition) is 4. The number of ether oxygens (including phenoxy) is 1. The van der Waals surface area contributed by atoms with E-state index in [4.69, 9.17) is 4.74 Å². The summed E-state index contributed by atoms with van der Waals surface area (Å²) in [6.45, 7) is 5.49. The van der Waals surface area contributed by atoms with Crippen molar-refractivity contribution in [2.24, 2.45) is 0 Å². The minimum absolute atomic E-state index is 0.124. The maximum absolute atomic E-state index is 12.6. The van der Waals surface area contributed by atoms with Gasteiger partial charge in [0.05, 0.1) is 12.1 Å². The van der Waals surface area contributed by atoms with Gasteiger partial charge < -0.3 is 14.5 Å². The van der Waals surface area contributed by atoms with Crippen LogP contribution < -0.4 is 4.74 Å². The molecule has 4 rings (SSSR count). The van der Waals surface area contributed by atoms with Gasteiger partial charge in [-0.2, -0.15) is 0 Å². The van der Waals surface area contributed by atoms with E-state index in [1.807, 2.05) is 35.2 Å². The third-order valence-electron chi connectivity index (χ3n) is 5.31. The molecule has 0 spiro atoms. The second-order valence-corrected chi connectivity index (χ2v) is 7.37. The zero-order chi connectivity index (χ0) is 19.5. The zero-order valence-electron chi connectivity index (χ0n) is 16.4. The standard InChI is InChI=1S/C23H25N3O2/c1-17-7-8-22(21-6-4-3-5-20(17)21)28-19-9-10-24-18(15-19)16-23(27)26-13-11-25(2)12-14-26/h3-10,15H,11-14,16H2,1-2H3. The summed E-state index contributed by atoms with van der Waals surface area (Å²) in [6, 6.07) is 16.0. The molecule has 144 valence electrons. The third kappa shape index (κ3) is 3.99. The van der Waals surface area contributed by atoms with Crippen LogP contribution in [0.5, 0.6) is 11.5 Å². The van der Waals surface area contributed by atoms with E-state index in [9.17, 15) is 4.79 Å². The fourth-order valence-corrected chi connectivity index (χ4v) is 3.58. The molecule has 0 bridgehead atoms. The average Bonchev–Trinajstić information content (AvgIpc) is 2.71. The molecule has 5 heteroatoms. The molecule has 5 nitrogen and oxygen atoms in total. The Kier molecular flexibility index (Phi) is 5.26. The van der Waals surface area contributed by atoms with Crippen molar-refractivity contribution in [1.82, 2.24) is 14.8 Å². The van der Waals surface area contributed by atoms with Crippen LogP contribution in [0.1, 0.15) is 11.3 Å². The monoisotopic (exact) mass is 375 g/mol. The predicted molar refractivity (Wildman–Crippen MR) is 111 cm³/mol. The van der Waals surface area contributed by atoms with Gasteiger partial charge in [0.2, 0.25) is 5.91 Å². The number of pyridine rings is 1. The minimum Gasteiger partial charge on any atom is -0.457 e. The topological polar surface area (TPSA) is 45.7 Å². The molecule has 0 unspecified atom stereocenters. The van der Waals surface area contributed by atoms with Crippen LogP contribution >= 0.6 is 0 Å². The summed E-state index contributed by atoms with van der Waals surface area (Å²) in [5, 5.41) is 2.26. The summed E-state index contributed by atoms with van der Waals surface area (Å²) in [4.78, 5) is 21.1. The predicted octanol–water partition coefficient (Wildman–Crippen LogP) is 3.65. The highest BCUT2D eigenvalue weighted by Crippen LogP contribution is 2.31. The lowest BCUT2D eigenvalue weighted by molar-refractivity contribution is -0.132. The second kappa shape index (κ2) is 7.98. The van der Waals surface area contributed by atoms with Crippen molar-refractivity contribution in [2.45, 2.75) is 13.3 Å². The van der Waals surface area contributed by atoms with E-state index < -0.39 is 0 Å². The average molecular weight is 375 g/mol. The van der Waals surface area contributed by atoms with Gasteiger partial charge in [-0.3, -0.25) is 9.78 Å². The smallest absolute Gasteiger partial charge is 0.228 e. The first-order valence-corrected chi connectivity index (χ1v) is 9.67. The molecule has 1 aliphatic heterocycles. The number of fused-ring (bicyclic) bond motifs is 1. The fourth-order valence-electron chi connectivity index (χ4n) is 3.58. The van der Waals surface area contributed by atoms with Gasteiger partial charge in [-0.1, -0.05) is 30.3 Å². The van der Waals surface area contributed by atoms with Crippen LogP contribution in [0.2, 0.25) is 0 Å². The van der Waals surface area contributed by atoms with Crippen molar-refractivity contribution in [3.8, 4) is 11.5 Å². The summed E-state index contributed by atoms with van der Waals surface area (Å²) in [5.41, 5.74) is 1.95. The Labute approximate surface area is 165 Å². The van der Waals surface area contributed by atoms with Gasteiger partial charge in [0, 0.05) is 43.8 Å². The van der Waals surface area contributed by atoms with Gasteiger partial charge in [-0.05, 0) is 37.1 Å². The molecule has 1 fully saturated rings. The van der Waals surface area contributed by atoms with E-state index in [1.165, 1.54) is 10.9 Å². The first kappa shape index (κ1) is 18.4. The van der Waals surface area contributed by atoms with E-state index in [1.54, 1.807) is 6.20 Å². The van der Waals surface area contributed by atoms with Gasteiger partial charge in [0.25, 0.3) is 0 Å². The zero-order valence-corrected chi connectivity index (χ0v) is 16.4. The molecule has 0 radical (unpaired) electrons. The first-order chi connectivity index (χ1) is 13.6. The first-order valence-electron chi connectivity index (χ1n) is 9.67. The summed E-state index contributed by atoms with van der Waals surface area (Å²) in [7, 11) is 2.08. The highest BCUT2D eigenvalue weighted by atomic mass is 16.5. The maximum Gasteiger partial charge on any atom is 0.228 e. The molecule has 1 saturated heterocycles. The number of piperazine rings is 1. The molecule has 2 heterocycles. The Morgan fingerprint density at radius 3 is 2.57 bits per heavy atom. The van der Waals surface area contributed by atoms with Crippen molar-refractivity contribution < 1.29 is 9.53 Å². The van der Waals surface area contributed by atoms with Crippen molar-refractivity contribution in [1.29, 1.82) is 0 Å². The summed E-state index contributed by atoms with van der Waals surface area (Å²) in [6.07, 6.45) is 2.01. The van der Waals surface area contributed by atoms with Crippen LogP contribution in [0.15, 0.2) is 54.7 Å². The van der Waals surface area contributed by atoms with Gasteiger partial charge >= 0.3 is 0 Å². The summed E-state index contributed by atoms with van der Waals surface area (Å²) in [5.74, 6) is 1.63. The second-order valence-electron chi connectivity index (χ2n) is 7.37. The lowest BCUT2D eigenvalue weighted by Crippen LogP contribution is -2.47. The number of rotatable bonds is 4. The number of likely N-dealkylation sites (N-methyl/N-ethyl adjacent to an activating group) is 1. The molecule has 0 saturated carbocycles. The van der Waals surface area contributed by atoms with E-state index >= 15 is 0 Å². The molecule has 0 atom stereocenters. The highest BCUT2D eigenvalue weighted by molar-refractivity contribution is 5.91. The Morgan fingerprint density at radius 2 is 1.79 bits per heavy atom. The minimum atomic E-state index is 0.124. The lowest BCUT2D eigenvalue weighted by Gasteiger charge is -2.32. The molecule has 0 aliphatic carbocycles. The van der Waals surface area contributed by atoms with Crippen LogP contribution in [-0.2, 0) is 11.2 Å². The van der Waals surface area contributed by atoms with Crippen molar-refractivity contribution >= 4 is 16.7 Å². The lowest BCUT2D eigenvalue weighted by atomic mass is 10.0. The van der Waals surface area contributed by atoms with Gasteiger partial charge in [-0.25, -0.2) is 0 Å². The van der Waals surface area contributed by atoms with Crippen molar-refractivity contribution in [2.75, 3.05) is 33.2 Å². The van der Waals surface area contributed by atoms with Gasteiger partial charge in [0.1, 0.15) is 11.5 Å². The number of carbonyl (C=O) groups excluding carboxylic acids is 1. The van der Waals surface area contributed by atoms with Crippen LogP contribution in [0.25, 0.3) is 10.8 Å². The molecular weight excluding hydrogens is 350 g/mol. The number of aryl methyl sites for hydroxylation is 1. The molecule has 1 amide bonds. The number of amides is 1. The SMILES string of the molecule is Cc1ccc(Oc2ccnc(CC(=O)N3CCN(C)CC3)c2)c2ccccc12. The summed E-state index contributed by atoms with van der Waals surface area (Å²) >= 11 is 0. The van der Waals surface area contributed by atoms with Gasteiger partial charge in [0.15, 0.2) is 0 Å². The number of carbonyl (C=O) groups is 1. The number of nitrogens with zero attached hydrogens (tertiary/aromatic N) is 3. The van der Waals surface area contributed by atoms with Crippen LogP contribution in [0.3, 0.4) is 0 Å². The van der Waals surface area contributed by atoms with E-state index in [2.05, 4.69) is 42.1 Å². The normalized spacial score (nSPS) is 15.0. The quantitative estimate of drug-likeness (QED) is 0.698. The molecule has 1 aliphatic rings. The fraction of sp³-hybridized carbons (Fsp3) is 0.304. The number of hydrogen-bond donors (Lipinski definition) is 0. The Morgan fingerprint density at radius 1 is 1.04 bits per heavy atom. The molecule has 2 aromatic carbocycles. The summed E-state index contributed by atoms with van der Waals surface area (Å²) < 4.78 is 6.16. The highest BCUT2D eigenvalue weighted by Gasteiger charge is 2.19. The molecule has 0 N–H and O–H groups in total. The molecule has 28 heavy (non-hydrogen) atoms. The molecular formula is C23H25N3O2. The molecule has 1 aromatic heterocycles. The number of benzene rings is 2.